The number of halogens is 1. The summed E-state index contributed by atoms with van der Waals surface area (Å²) in [6, 6.07) is 0. The highest BCUT2D eigenvalue weighted by Crippen LogP contribution is 2.02. The predicted octanol–water partition coefficient (Wildman–Crippen LogP) is 6.56. The largest absolute Gasteiger partial charge is 0.348 e. The number of unbranched alkanes of at least 4 members (excludes halogenated alkanes) is 4. The summed E-state index contributed by atoms with van der Waals surface area (Å²) < 4.78 is 11.4. The minimum absolute atomic E-state index is 0.133. The Labute approximate surface area is 140 Å². The summed E-state index contributed by atoms with van der Waals surface area (Å²) in [5.74, 6) is -0.791. The monoisotopic (exact) mass is 322 g/mol. The van der Waals surface area contributed by atoms with Crippen molar-refractivity contribution in [2.75, 3.05) is 0 Å². The van der Waals surface area contributed by atoms with Crippen LogP contribution < -0.4 is 0 Å². The van der Waals surface area contributed by atoms with Crippen LogP contribution in [-0.2, 0) is 9.74 Å². The average molecular weight is 322 g/mol. The molecule has 0 aromatic heterocycles. The van der Waals surface area contributed by atoms with Crippen molar-refractivity contribution >= 4 is 5.97 Å². The molecule has 0 aliphatic rings. The van der Waals surface area contributed by atoms with Gasteiger partial charge in [-0.15, -0.1) is 0 Å². The van der Waals surface area contributed by atoms with E-state index in [-0.39, 0.29) is 6.42 Å². The summed E-state index contributed by atoms with van der Waals surface area (Å²) in [6.07, 6.45) is 26.7. The topological polar surface area (TPSA) is 26.3 Å². The highest BCUT2D eigenvalue weighted by Gasteiger charge is 1.99. The van der Waals surface area contributed by atoms with Crippen LogP contribution in [-0.4, -0.2) is 5.97 Å². The van der Waals surface area contributed by atoms with Gasteiger partial charge in [-0.2, -0.15) is 0 Å². The number of rotatable bonds is 14. The lowest BCUT2D eigenvalue weighted by Gasteiger charge is -1.91. The second kappa shape index (κ2) is 18.4. The molecule has 0 aliphatic carbocycles. The molecule has 0 aromatic carbocycles. The van der Waals surface area contributed by atoms with Crippen LogP contribution in [0.1, 0.15) is 71.1 Å². The van der Waals surface area contributed by atoms with E-state index in [4.69, 9.17) is 0 Å². The van der Waals surface area contributed by atoms with E-state index in [1.807, 2.05) is 6.08 Å². The number of hydrogen-bond donors (Lipinski definition) is 0. The van der Waals surface area contributed by atoms with Crippen LogP contribution in [0.15, 0.2) is 48.6 Å². The summed E-state index contributed by atoms with van der Waals surface area (Å²) in [6.45, 7) is 2.22. The van der Waals surface area contributed by atoms with Crippen molar-refractivity contribution < 1.29 is 14.3 Å². The number of carbonyl (C=O) groups excluding carboxylic acids is 1. The molecule has 23 heavy (non-hydrogen) atoms. The van der Waals surface area contributed by atoms with Gasteiger partial charge in [-0.05, 0) is 44.9 Å². The van der Waals surface area contributed by atoms with E-state index in [1.54, 1.807) is 0 Å². The Morgan fingerprint density at radius 1 is 0.783 bits per heavy atom. The molecule has 0 fully saturated rings. The maximum absolute atomic E-state index is 11.4. The smallest absolute Gasteiger partial charge is 0.255 e. The van der Waals surface area contributed by atoms with E-state index in [0.29, 0.717) is 6.42 Å². The molecule has 0 aliphatic heterocycles. The Morgan fingerprint density at radius 3 is 1.74 bits per heavy atom. The Kier molecular flexibility index (Phi) is 17.1. The summed E-state index contributed by atoms with van der Waals surface area (Å²) in [5, 5.41) is 0. The SMILES string of the molecule is CCCCCC=CCC=CCC=CCC=CCCCC(=O)OF. The molecule has 0 amide bonds. The molecule has 0 bridgehead atoms. The van der Waals surface area contributed by atoms with Crippen LogP contribution in [0.3, 0.4) is 0 Å². The van der Waals surface area contributed by atoms with Gasteiger partial charge in [0.25, 0.3) is 0 Å². The van der Waals surface area contributed by atoms with E-state index in [1.165, 1.54) is 25.7 Å². The molecule has 2 nitrogen and oxygen atoms in total. The predicted molar refractivity (Wildman–Crippen MR) is 95.6 cm³/mol. The molecule has 0 radical (unpaired) electrons. The fourth-order valence-corrected chi connectivity index (χ4v) is 1.96. The number of carbonyl (C=O) groups is 1. The van der Waals surface area contributed by atoms with Gasteiger partial charge >= 0.3 is 5.97 Å². The zero-order chi connectivity index (χ0) is 17.0. The molecule has 130 valence electrons. The first-order valence-electron chi connectivity index (χ1n) is 8.72. The van der Waals surface area contributed by atoms with Crippen LogP contribution >= 0.6 is 0 Å². The third kappa shape index (κ3) is 18.3. The molecule has 0 N–H and O–H groups in total. The normalized spacial score (nSPS) is 12.3. The van der Waals surface area contributed by atoms with Gasteiger partial charge in [0.15, 0.2) is 0 Å². The van der Waals surface area contributed by atoms with E-state index in [2.05, 4.69) is 54.4 Å². The zero-order valence-corrected chi connectivity index (χ0v) is 14.4. The minimum atomic E-state index is -0.791. The molecular formula is C20H31FO2. The fraction of sp³-hybridized carbons (Fsp3) is 0.550. The van der Waals surface area contributed by atoms with Crippen molar-refractivity contribution in [3.8, 4) is 0 Å². The summed E-state index contributed by atoms with van der Waals surface area (Å²) in [5.41, 5.74) is 0. The minimum Gasteiger partial charge on any atom is -0.255 e. The highest BCUT2D eigenvalue weighted by atomic mass is 19.3. The van der Waals surface area contributed by atoms with Crippen molar-refractivity contribution in [2.24, 2.45) is 0 Å². The number of hydrogen-bond acceptors (Lipinski definition) is 2. The molecule has 0 heterocycles. The van der Waals surface area contributed by atoms with E-state index in [0.717, 1.165) is 25.7 Å². The fourth-order valence-electron chi connectivity index (χ4n) is 1.96. The molecule has 0 saturated heterocycles. The van der Waals surface area contributed by atoms with Gasteiger partial charge in [-0.25, -0.2) is 4.79 Å². The first-order valence-corrected chi connectivity index (χ1v) is 8.72. The van der Waals surface area contributed by atoms with E-state index < -0.39 is 5.97 Å². The van der Waals surface area contributed by atoms with E-state index >= 15 is 0 Å². The van der Waals surface area contributed by atoms with Gasteiger partial charge < -0.3 is 0 Å². The molecular weight excluding hydrogens is 291 g/mol. The lowest BCUT2D eigenvalue weighted by molar-refractivity contribution is -0.183. The molecule has 0 atom stereocenters. The Morgan fingerprint density at radius 2 is 1.26 bits per heavy atom. The van der Waals surface area contributed by atoms with Crippen LogP contribution in [0, 0.1) is 0 Å². The maximum Gasteiger partial charge on any atom is 0.348 e. The molecule has 0 spiro atoms. The van der Waals surface area contributed by atoms with Gasteiger partial charge in [-0.1, -0.05) is 68.4 Å². The van der Waals surface area contributed by atoms with Crippen molar-refractivity contribution in [1.82, 2.24) is 0 Å². The first kappa shape index (κ1) is 21.4. The van der Waals surface area contributed by atoms with Gasteiger partial charge in [0.2, 0.25) is 0 Å². The molecule has 3 heteroatoms. The molecule has 0 rings (SSSR count). The Hall–Kier alpha value is -1.64. The quantitative estimate of drug-likeness (QED) is 0.267. The van der Waals surface area contributed by atoms with Crippen molar-refractivity contribution in [1.29, 1.82) is 0 Å². The second-order valence-corrected chi connectivity index (χ2v) is 5.43. The average Bonchev–Trinajstić information content (AvgIpc) is 2.57. The Bertz CT molecular complexity index is 381. The number of allylic oxidation sites excluding steroid dienone is 8. The molecule has 0 unspecified atom stereocenters. The molecule has 0 saturated carbocycles. The van der Waals surface area contributed by atoms with E-state index in [9.17, 15) is 9.32 Å². The zero-order valence-electron chi connectivity index (χ0n) is 14.4. The van der Waals surface area contributed by atoms with Crippen LogP contribution in [0.5, 0.6) is 0 Å². The van der Waals surface area contributed by atoms with Crippen LogP contribution in [0.2, 0.25) is 0 Å². The van der Waals surface area contributed by atoms with Crippen molar-refractivity contribution in [3.63, 3.8) is 0 Å². The molecule has 0 aromatic rings. The van der Waals surface area contributed by atoms with Gasteiger partial charge in [0.1, 0.15) is 0 Å². The summed E-state index contributed by atoms with van der Waals surface area (Å²) >= 11 is 0. The highest BCUT2D eigenvalue weighted by molar-refractivity contribution is 5.68. The third-order valence-corrected chi connectivity index (χ3v) is 3.30. The lowest BCUT2D eigenvalue weighted by atomic mass is 10.2. The summed E-state index contributed by atoms with van der Waals surface area (Å²) in [7, 11) is 0. The second-order valence-electron chi connectivity index (χ2n) is 5.43. The van der Waals surface area contributed by atoms with Crippen LogP contribution in [0.25, 0.3) is 0 Å². The van der Waals surface area contributed by atoms with Crippen LogP contribution in [0.4, 0.5) is 4.53 Å². The standard InChI is InChI=1S/C20H31FO2/c1-2-3-4-5-6-7-8-9-10-11-12-13-14-15-16-17-18-19-20(22)23-21/h6-7,9-10,12-13,15-16H,2-5,8,11,14,17-19H2,1H3. The van der Waals surface area contributed by atoms with Crippen molar-refractivity contribution in [3.05, 3.63) is 48.6 Å². The van der Waals surface area contributed by atoms with Gasteiger partial charge in [0, 0.05) is 10.9 Å². The maximum atomic E-state index is 11.4. The Balaban J connectivity index is 3.42. The lowest BCUT2D eigenvalue weighted by Crippen LogP contribution is -1.95. The summed E-state index contributed by atoms with van der Waals surface area (Å²) in [4.78, 5) is 13.6. The first-order chi connectivity index (χ1) is 11.3. The van der Waals surface area contributed by atoms with Gasteiger partial charge in [0.05, 0.1) is 0 Å². The van der Waals surface area contributed by atoms with Crippen molar-refractivity contribution in [2.45, 2.75) is 71.1 Å². The third-order valence-electron chi connectivity index (χ3n) is 3.30. The van der Waals surface area contributed by atoms with Gasteiger partial charge in [-0.3, -0.25) is 4.94 Å².